The lowest BCUT2D eigenvalue weighted by Crippen LogP contribution is -2.11. The Kier molecular flexibility index (Phi) is 4.82. The first kappa shape index (κ1) is 16.0. The van der Waals surface area contributed by atoms with Gasteiger partial charge in [-0.05, 0) is 55.5 Å². The molecule has 0 saturated heterocycles. The highest BCUT2D eigenvalue weighted by Crippen LogP contribution is 2.16. The Hall–Kier alpha value is -2.34. The van der Waals surface area contributed by atoms with Crippen molar-refractivity contribution >= 4 is 21.4 Å². The van der Waals surface area contributed by atoms with Gasteiger partial charge in [0.15, 0.2) is 9.84 Å². The summed E-state index contributed by atoms with van der Waals surface area (Å²) in [6.45, 7) is 2.46. The molecule has 0 atom stereocenters. The van der Waals surface area contributed by atoms with Gasteiger partial charge in [-0.3, -0.25) is 4.79 Å². The highest BCUT2D eigenvalue weighted by molar-refractivity contribution is 7.90. The zero-order chi connectivity index (χ0) is 16.2. The van der Waals surface area contributed by atoms with E-state index in [1.54, 1.807) is 36.4 Å². The predicted octanol–water partition coefficient (Wildman–Crippen LogP) is 2.74. The Labute approximate surface area is 129 Å². The maximum atomic E-state index is 12.1. The summed E-state index contributed by atoms with van der Waals surface area (Å²) >= 11 is 0. The summed E-state index contributed by atoms with van der Waals surface area (Å²) in [5.74, 6) is 0.437. The van der Waals surface area contributed by atoms with Crippen molar-refractivity contribution in [3.8, 4) is 5.75 Å². The Morgan fingerprint density at radius 2 is 1.64 bits per heavy atom. The van der Waals surface area contributed by atoms with Crippen LogP contribution in [0.2, 0.25) is 0 Å². The lowest BCUT2D eigenvalue weighted by Gasteiger charge is -2.07. The molecule has 116 valence electrons. The molecule has 0 radical (unpaired) electrons. The van der Waals surface area contributed by atoms with E-state index in [0.29, 0.717) is 23.6 Å². The maximum Gasteiger partial charge on any atom is 0.255 e. The number of benzene rings is 2. The highest BCUT2D eigenvalue weighted by atomic mass is 32.2. The summed E-state index contributed by atoms with van der Waals surface area (Å²) in [5, 5.41) is 2.71. The van der Waals surface area contributed by atoms with Crippen LogP contribution in [-0.2, 0) is 9.84 Å². The van der Waals surface area contributed by atoms with E-state index in [1.165, 1.54) is 12.1 Å². The van der Waals surface area contributed by atoms with E-state index < -0.39 is 9.84 Å². The minimum atomic E-state index is -3.24. The largest absolute Gasteiger partial charge is 0.494 e. The summed E-state index contributed by atoms with van der Waals surface area (Å²) in [7, 11) is -3.24. The summed E-state index contributed by atoms with van der Waals surface area (Å²) in [6, 6.07) is 12.8. The van der Waals surface area contributed by atoms with E-state index >= 15 is 0 Å². The molecule has 0 aliphatic heterocycles. The van der Waals surface area contributed by atoms with Gasteiger partial charge in [-0.15, -0.1) is 0 Å². The fourth-order valence-electron chi connectivity index (χ4n) is 1.86. The van der Waals surface area contributed by atoms with Crippen LogP contribution < -0.4 is 10.1 Å². The van der Waals surface area contributed by atoms with Gasteiger partial charge in [-0.2, -0.15) is 0 Å². The molecule has 1 N–H and O–H groups in total. The van der Waals surface area contributed by atoms with Gasteiger partial charge in [0.05, 0.1) is 11.5 Å². The van der Waals surface area contributed by atoms with Crippen LogP contribution in [0.3, 0.4) is 0 Å². The lowest BCUT2D eigenvalue weighted by atomic mass is 10.2. The molecule has 0 saturated carbocycles. The molecule has 0 unspecified atom stereocenters. The predicted molar refractivity (Wildman–Crippen MR) is 85.1 cm³/mol. The van der Waals surface area contributed by atoms with Crippen molar-refractivity contribution in [3.63, 3.8) is 0 Å². The highest BCUT2D eigenvalue weighted by Gasteiger charge is 2.09. The average molecular weight is 319 g/mol. The van der Waals surface area contributed by atoms with Gasteiger partial charge >= 0.3 is 0 Å². The van der Waals surface area contributed by atoms with Crippen molar-refractivity contribution in [1.29, 1.82) is 0 Å². The molecule has 5 nitrogen and oxygen atoms in total. The Balaban J connectivity index is 2.08. The standard InChI is InChI=1S/C16H17NO4S/c1-3-21-14-8-4-12(5-9-14)16(18)17-13-6-10-15(11-7-13)22(2,19)20/h4-11H,3H2,1-2H3,(H,17,18). The number of anilines is 1. The van der Waals surface area contributed by atoms with Gasteiger partial charge in [0.2, 0.25) is 0 Å². The molecule has 6 heteroatoms. The zero-order valence-electron chi connectivity index (χ0n) is 12.4. The molecular weight excluding hydrogens is 302 g/mol. The van der Waals surface area contributed by atoms with Crippen LogP contribution in [0, 0.1) is 0 Å². The summed E-state index contributed by atoms with van der Waals surface area (Å²) < 4.78 is 28.1. The average Bonchev–Trinajstić information content (AvgIpc) is 2.48. The number of hydrogen-bond donors (Lipinski definition) is 1. The van der Waals surface area contributed by atoms with Crippen molar-refractivity contribution in [3.05, 3.63) is 54.1 Å². The molecule has 2 rings (SSSR count). The fourth-order valence-corrected chi connectivity index (χ4v) is 2.49. The first-order valence-electron chi connectivity index (χ1n) is 6.74. The van der Waals surface area contributed by atoms with Crippen LogP contribution in [0.5, 0.6) is 5.75 Å². The van der Waals surface area contributed by atoms with E-state index in [9.17, 15) is 13.2 Å². The van der Waals surface area contributed by atoms with Crippen LogP contribution in [0.15, 0.2) is 53.4 Å². The molecule has 2 aromatic carbocycles. The second kappa shape index (κ2) is 6.62. The number of ether oxygens (including phenoxy) is 1. The van der Waals surface area contributed by atoms with Crippen molar-refractivity contribution in [2.75, 3.05) is 18.2 Å². The van der Waals surface area contributed by atoms with Crippen molar-refractivity contribution in [2.24, 2.45) is 0 Å². The number of amides is 1. The van der Waals surface area contributed by atoms with E-state index in [2.05, 4.69) is 5.32 Å². The first-order valence-corrected chi connectivity index (χ1v) is 8.63. The van der Waals surface area contributed by atoms with Gasteiger partial charge in [0.1, 0.15) is 5.75 Å². The normalized spacial score (nSPS) is 11.0. The monoisotopic (exact) mass is 319 g/mol. The van der Waals surface area contributed by atoms with E-state index in [4.69, 9.17) is 4.74 Å². The molecule has 1 amide bonds. The third-order valence-electron chi connectivity index (χ3n) is 2.97. The molecular formula is C16H17NO4S. The van der Waals surface area contributed by atoms with Crippen LogP contribution in [-0.4, -0.2) is 27.2 Å². The van der Waals surface area contributed by atoms with Gasteiger partial charge in [0, 0.05) is 17.5 Å². The van der Waals surface area contributed by atoms with E-state index in [0.717, 1.165) is 6.26 Å². The molecule has 22 heavy (non-hydrogen) atoms. The number of hydrogen-bond acceptors (Lipinski definition) is 4. The Morgan fingerprint density at radius 1 is 1.05 bits per heavy atom. The van der Waals surface area contributed by atoms with Gasteiger partial charge in [-0.1, -0.05) is 0 Å². The van der Waals surface area contributed by atoms with Crippen LogP contribution in [0.4, 0.5) is 5.69 Å². The molecule has 0 aliphatic rings. The van der Waals surface area contributed by atoms with E-state index in [1.807, 2.05) is 6.92 Å². The SMILES string of the molecule is CCOc1ccc(C(=O)Nc2ccc(S(C)(=O)=O)cc2)cc1. The van der Waals surface area contributed by atoms with E-state index in [-0.39, 0.29) is 10.8 Å². The molecule has 0 fully saturated rings. The molecule has 0 aliphatic carbocycles. The smallest absolute Gasteiger partial charge is 0.255 e. The number of rotatable bonds is 5. The lowest BCUT2D eigenvalue weighted by molar-refractivity contribution is 0.102. The molecule has 2 aromatic rings. The molecule has 0 aromatic heterocycles. The minimum absolute atomic E-state index is 0.214. The molecule has 0 bridgehead atoms. The van der Waals surface area contributed by atoms with Gasteiger partial charge in [0.25, 0.3) is 5.91 Å². The van der Waals surface area contributed by atoms with Crippen LogP contribution in [0.25, 0.3) is 0 Å². The summed E-state index contributed by atoms with van der Waals surface area (Å²) in [5.41, 5.74) is 1.03. The second-order valence-electron chi connectivity index (χ2n) is 4.71. The quantitative estimate of drug-likeness (QED) is 0.920. The molecule has 0 heterocycles. The maximum absolute atomic E-state index is 12.1. The third kappa shape index (κ3) is 4.08. The zero-order valence-corrected chi connectivity index (χ0v) is 13.2. The number of carbonyl (C=O) groups is 1. The summed E-state index contributed by atoms with van der Waals surface area (Å²) in [6.07, 6.45) is 1.14. The van der Waals surface area contributed by atoms with Crippen molar-refractivity contribution in [1.82, 2.24) is 0 Å². The number of nitrogens with one attached hydrogen (secondary N) is 1. The van der Waals surface area contributed by atoms with Crippen molar-refractivity contribution < 1.29 is 17.9 Å². The van der Waals surface area contributed by atoms with Crippen LogP contribution in [0.1, 0.15) is 17.3 Å². The van der Waals surface area contributed by atoms with Crippen LogP contribution >= 0.6 is 0 Å². The fraction of sp³-hybridized carbons (Fsp3) is 0.188. The number of sulfone groups is 1. The van der Waals surface area contributed by atoms with Crippen molar-refractivity contribution in [2.45, 2.75) is 11.8 Å². The third-order valence-corrected chi connectivity index (χ3v) is 4.10. The first-order chi connectivity index (χ1) is 10.4. The topological polar surface area (TPSA) is 72.5 Å². The minimum Gasteiger partial charge on any atom is -0.494 e. The van der Waals surface area contributed by atoms with Gasteiger partial charge in [-0.25, -0.2) is 8.42 Å². The van der Waals surface area contributed by atoms with Gasteiger partial charge < -0.3 is 10.1 Å². The molecule has 0 spiro atoms. The summed E-state index contributed by atoms with van der Waals surface area (Å²) in [4.78, 5) is 12.3. The second-order valence-corrected chi connectivity index (χ2v) is 6.72. The Morgan fingerprint density at radius 3 is 2.14 bits per heavy atom. The Bertz CT molecular complexity index is 750. The number of carbonyl (C=O) groups excluding carboxylic acids is 1.